The van der Waals surface area contributed by atoms with Crippen LogP contribution in [0.15, 0.2) is 79.3 Å². The molecule has 0 amide bonds. The van der Waals surface area contributed by atoms with E-state index < -0.39 is 0 Å². The summed E-state index contributed by atoms with van der Waals surface area (Å²) in [5, 5.41) is 0. The molecular weight excluding hydrogens is 325 g/mol. The molecule has 0 spiro atoms. The molecule has 136 valence electrons. The number of hydrogen-bond donors (Lipinski definition) is 0. The molecular formula is C23H26FNO. The molecule has 2 unspecified atom stereocenters. The first kappa shape index (κ1) is 18.2. The van der Waals surface area contributed by atoms with E-state index in [0.29, 0.717) is 18.4 Å². The van der Waals surface area contributed by atoms with E-state index in [9.17, 15) is 4.39 Å². The van der Waals surface area contributed by atoms with Crippen molar-refractivity contribution in [2.45, 2.75) is 38.1 Å². The zero-order valence-electron chi connectivity index (χ0n) is 15.3. The Hall–Kier alpha value is -2.55. The summed E-state index contributed by atoms with van der Waals surface area (Å²) in [7, 11) is 0. The molecule has 1 heterocycles. The summed E-state index contributed by atoms with van der Waals surface area (Å²) in [6, 6.07) is 17.3. The lowest BCUT2D eigenvalue weighted by molar-refractivity contribution is 0.246. The average molecular weight is 351 g/mol. The molecule has 2 aromatic carbocycles. The van der Waals surface area contributed by atoms with Crippen molar-refractivity contribution >= 4 is 0 Å². The Morgan fingerprint density at radius 2 is 1.88 bits per heavy atom. The number of benzene rings is 2. The number of allylic oxidation sites excluding steroid dienone is 1. The minimum atomic E-state index is -0.186. The van der Waals surface area contributed by atoms with Crippen LogP contribution in [0.1, 0.15) is 49.3 Å². The zero-order chi connectivity index (χ0) is 18.5. The van der Waals surface area contributed by atoms with Crippen LogP contribution in [0.4, 0.5) is 4.39 Å². The first-order valence-corrected chi connectivity index (χ1v) is 9.15. The van der Waals surface area contributed by atoms with Crippen LogP contribution in [0, 0.1) is 5.82 Å². The van der Waals surface area contributed by atoms with Gasteiger partial charge in [0.2, 0.25) is 0 Å². The van der Waals surface area contributed by atoms with Gasteiger partial charge in [0.25, 0.3) is 0 Å². The lowest BCUT2D eigenvalue weighted by Gasteiger charge is -2.26. The van der Waals surface area contributed by atoms with Crippen LogP contribution in [-0.4, -0.2) is 11.5 Å². The van der Waals surface area contributed by atoms with E-state index in [1.165, 1.54) is 23.3 Å². The summed E-state index contributed by atoms with van der Waals surface area (Å²) < 4.78 is 18.8. The van der Waals surface area contributed by atoms with Crippen LogP contribution in [0.2, 0.25) is 0 Å². The minimum Gasteiger partial charge on any atom is -0.477 e. The van der Waals surface area contributed by atoms with E-state index in [0.717, 1.165) is 25.0 Å². The SMILES string of the molecule is C=C(CCCC(C)c1ccc(F)cc1)N1C(=C)OCC1c1ccccc1. The zero-order valence-corrected chi connectivity index (χ0v) is 15.3. The number of rotatable bonds is 7. The lowest BCUT2D eigenvalue weighted by atomic mass is 9.95. The highest BCUT2D eigenvalue weighted by Crippen LogP contribution is 2.36. The van der Waals surface area contributed by atoms with Crippen LogP contribution in [0.5, 0.6) is 0 Å². The van der Waals surface area contributed by atoms with Crippen LogP contribution in [0.25, 0.3) is 0 Å². The predicted molar refractivity (Wildman–Crippen MR) is 104 cm³/mol. The van der Waals surface area contributed by atoms with E-state index in [4.69, 9.17) is 4.74 Å². The summed E-state index contributed by atoms with van der Waals surface area (Å²) in [6.07, 6.45) is 2.93. The lowest BCUT2D eigenvalue weighted by Crippen LogP contribution is -2.21. The van der Waals surface area contributed by atoms with E-state index in [2.05, 4.69) is 37.1 Å². The van der Waals surface area contributed by atoms with Gasteiger partial charge in [-0.1, -0.05) is 56.0 Å². The van der Waals surface area contributed by atoms with Gasteiger partial charge >= 0.3 is 0 Å². The van der Waals surface area contributed by atoms with E-state index in [1.807, 2.05) is 30.3 Å². The molecule has 0 N–H and O–H groups in total. The Kier molecular flexibility index (Phi) is 5.77. The van der Waals surface area contributed by atoms with Crippen molar-refractivity contribution in [3.63, 3.8) is 0 Å². The highest BCUT2D eigenvalue weighted by atomic mass is 19.1. The average Bonchev–Trinajstić information content (AvgIpc) is 3.04. The normalized spacial score (nSPS) is 17.8. The second kappa shape index (κ2) is 8.22. The van der Waals surface area contributed by atoms with Crippen molar-refractivity contribution in [3.8, 4) is 0 Å². The highest BCUT2D eigenvalue weighted by Gasteiger charge is 2.31. The predicted octanol–water partition coefficient (Wildman–Crippen LogP) is 6.16. The smallest absolute Gasteiger partial charge is 0.186 e. The molecule has 1 saturated heterocycles. The topological polar surface area (TPSA) is 12.5 Å². The Bertz CT molecular complexity index is 754. The largest absolute Gasteiger partial charge is 0.477 e. The Balaban J connectivity index is 1.56. The highest BCUT2D eigenvalue weighted by molar-refractivity contribution is 5.25. The quantitative estimate of drug-likeness (QED) is 0.592. The van der Waals surface area contributed by atoms with Gasteiger partial charge in [0.05, 0.1) is 6.04 Å². The first-order chi connectivity index (χ1) is 12.6. The molecule has 2 atom stereocenters. The molecule has 2 nitrogen and oxygen atoms in total. The molecule has 1 fully saturated rings. The first-order valence-electron chi connectivity index (χ1n) is 9.15. The van der Waals surface area contributed by atoms with E-state index in [-0.39, 0.29) is 11.9 Å². The molecule has 26 heavy (non-hydrogen) atoms. The number of nitrogens with zero attached hydrogens (tertiary/aromatic N) is 1. The Labute approximate surface area is 155 Å². The van der Waals surface area contributed by atoms with Crippen molar-refractivity contribution in [2.24, 2.45) is 0 Å². The van der Waals surface area contributed by atoms with Crippen molar-refractivity contribution < 1.29 is 9.13 Å². The Morgan fingerprint density at radius 1 is 1.19 bits per heavy atom. The van der Waals surface area contributed by atoms with Gasteiger partial charge in [0.1, 0.15) is 12.4 Å². The fraction of sp³-hybridized carbons (Fsp3) is 0.304. The van der Waals surface area contributed by atoms with Crippen LogP contribution < -0.4 is 0 Å². The standard InChI is InChI=1S/C23H26FNO/c1-17(20-12-14-22(24)15-13-20)8-7-9-18(2)25-19(3)26-16-23(25)21-10-5-4-6-11-21/h4-6,10-15,17,23H,2-3,7-9,16H2,1H3. The van der Waals surface area contributed by atoms with E-state index in [1.54, 1.807) is 0 Å². The fourth-order valence-corrected chi connectivity index (χ4v) is 3.50. The maximum Gasteiger partial charge on any atom is 0.186 e. The van der Waals surface area contributed by atoms with Crippen LogP contribution in [-0.2, 0) is 4.74 Å². The van der Waals surface area contributed by atoms with Crippen molar-refractivity contribution in [1.29, 1.82) is 0 Å². The summed E-state index contributed by atoms with van der Waals surface area (Å²) in [5.41, 5.74) is 3.42. The third-order valence-corrected chi connectivity index (χ3v) is 5.05. The molecule has 1 aliphatic heterocycles. The monoisotopic (exact) mass is 351 g/mol. The summed E-state index contributed by atoms with van der Waals surface area (Å²) in [6.45, 7) is 11.1. The number of ether oxygens (including phenoxy) is 1. The van der Waals surface area contributed by atoms with Crippen LogP contribution >= 0.6 is 0 Å². The third kappa shape index (κ3) is 4.16. The van der Waals surface area contributed by atoms with Gasteiger partial charge in [-0.3, -0.25) is 0 Å². The summed E-state index contributed by atoms with van der Waals surface area (Å²) >= 11 is 0. The van der Waals surface area contributed by atoms with Gasteiger partial charge in [0, 0.05) is 5.70 Å². The fourth-order valence-electron chi connectivity index (χ4n) is 3.50. The van der Waals surface area contributed by atoms with Gasteiger partial charge in [-0.25, -0.2) is 4.39 Å². The number of halogens is 1. The van der Waals surface area contributed by atoms with Gasteiger partial charge in [0.15, 0.2) is 5.88 Å². The van der Waals surface area contributed by atoms with Crippen molar-refractivity contribution in [1.82, 2.24) is 4.90 Å². The van der Waals surface area contributed by atoms with Crippen molar-refractivity contribution in [2.75, 3.05) is 6.61 Å². The van der Waals surface area contributed by atoms with Gasteiger partial charge in [-0.2, -0.15) is 0 Å². The minimum absolute atomic E-state index is 0.144. The van der Waals surface area contributed by atoms with Gasteiger partial charge < -0.3 is 9.64 Å². The molecule has 0 radical (unpaired) electrons. The summed E-state index contributed by atoms with van der Waals surface area (Å²) in [4.78, 5) is 2.12. The summed E-state index contributed by atoms with van der Waals surface area (Å²) in [5.74, 6) is 0.885. The molecule has 0 bridgehead atoms. The Morgan fingerprint density at radius 3 is 2.58 bits per heavy atom. The van der Waals surface area contributed by atoms with Gasteiger partial charge in [-0.05, 0) is 55.0 Å². The molecule has 3 heteroatoms. The van der Waals surface area contributed by atoms with Crippen molar-refractivity contribution in [3.05, 3.63) is 96.3 Å². The number of hydrogen-bond acceptors (Lipinski definition) is 2. The van der Waals surface area contributed by atoms with Gasteiger partial charge in [-0.15, -0.1) is 0 Å². The molecule has 0 aromatic heterocycles. The molecule has 0 aliphatic carbocycles. The van der Waals surface area contributed by atoms with Crippen LogP contribution in [0.3, 0.4) is 0 Å². The molecule has 1 aliphatic rings. The maximum atomic E-state index is 13.1. The molecule has 0 saturated carbocycles. The third-order valence-electron chi connectivity index (χ3n) is 5.05. The molecule has 3 rings (SSSR count). The second-order valence-electron chi connectivity index (χ2n) is 6.91. The molecule has 2 aromatic rings. The van der Waals surface area contributed by atoms with E-state index >= 15 is 0 Å². The second-order valence-corrected chi connectivity index (χ2v) is 6.91. The maximum absolute atomic E-state index is 13.1.